The topological polar surface area (TPSA) is 64.7 Å². The van der Waals surface area contributed by atoms with E-state index >= 15 is 0 Å². The van der Waals surface area contributed by atoms with Crippen molar-refractivity contribution >= 4 is 34.6 Å². The maximum Gasteiger partial charge on any atom is 0.321 e. The number of carbonyl (C=O) groups excluding carboxylic acids is 2. The highest BCUT2D eigenvalue weighted by Gasteiger charge is 2.21. The van der Waals surface area contributed by atoms with Crippen LogP contribution in [0, 0.1) is 5.92 Å². The van der Waals surface area contributed by atoms with E-state index in [4.69, 9.17) is 0 Å². The molecule has 2 heterocycles. The second-order valence-corrected chi connectivity index (χ2v) is 8.33. The van der Waals surface area contributed by atoms with Gasteiger partial charge in [-0.3, -0.25) is 9.69 Å². The molecule has 7 heteroatoms. The van der Waals surface area contributed by atoms with E-state index in [2.05, 4.69) is 32.4 Å². The fourth-order valence-electron chi connectivity index (χ4n) is 3.17. The Labute approximate surface area is 170 Å². The van der Waals surface area contributed by atoms with Crippen LogP contribution in [-0.2, 0) is 11.3 Å². The van der Waals surface area contributed by atoms with Crippen LogP contribution in [0.25, 0.3) is 0 Å². The molecular formula is C21H28N4O2S. The van der Waals surface area contributed by atoms with E-state index in [9.17, 15) is 9.59 Å². The summed E-state index contributed by atoms with van der Waals surface area (Å²) in [6.45, 7) is 8.18. The van der Waals surface area contributed by atoms with E-state index < -0.39 is 0 Å². The number of amides is 3. The van der Waals surface area contributed by atoms with Crippen LogP contribution in [0.3, 0.4) is 0 Å². The summed E-state index contributed by atoms with van der Waals surface area (Å²) in [5.41, 5.74) is 2.81. The van der Waals surface area contributed by atoms with Crippen LogP contribution in [0.4, 0.5) is 16.2 Å². The summed E-state index contributed by atoms with van der Waals surface area (Å²) in [5, 5.41) is 10.1. The van der Waals surface area contributed by atoms with Gasteiger partial charge in [-0.1, -0.05) is 13.8 Å². The summed E-state index contributed by atoms with van der Waals surface area (Å²) >= 11 is 1.72. The fraction of sp³-hybridized carbons (Fsp3) is 0.429. The molecule has 1 aliphatic rings. The van der Waals surface area contributed by atoms with Gasteiger partial charge in [0.15, 0.2) is 0 Å². The van der Waals surface area contributed by atoms with Gasteiger partial charge in [0, 0.05) is 50.5 Å². The molecule has 1 aromatic heterocycles. The Morgan fingerprint density at radius 3 is 2.21 bits per heavy atom. The molecule has 0 atom stereocenters. The molecule has 150 valence electrons. The highest BCUT2D eigenvalue weighted by Crippen LogP contribution is 2.16. The van der Waals surface area contributed by atoms with Crippen LogP contribution in [0.15, 0.2) is 41.1 Å². The minimum atomic E-state index is -0.0771. The van der Waals surface area contributed by atoms with Gasteiger partial charge in [-0.15, -0.1) is 0 Å². The van der Waals surface area contributed by atoms with Crippen molar-refractivity contribution in [2.75, 3.05) is 36.8 Å². The van der Waals surface area contributed by atoms with Gasteiger partial charge < -0.3 is 15.5 Å². The molecule has 0 unspecified atom stereocenters. The molecule has 2 N–H and O–H groups in total. The van der Waals surface area contributed by atoms with Gasteiger partial charge in [0.2, 0.25) is 5.91 Å². The number of hydrogen-bond acceptors (Lipinski definition) is 4. The van der Waals surface area contributed by atoms with Crippen molar-refractivity contribution in [3.63, 3.8) is 0 Å². The minimum Gasteiger partial charge on any atom is -0.326 e. The first-order chi connectivity index (χ1) is 13.5. The molecule has 1 saturated heterocycles. The standard InChI is InChI=1S/C21H28N4O2S/c1-16(2)13-20(26)22-18-3-5-19(6-4-18)23-21(27)25-10-8-24(9-11-25)14-17-7-12-28-15-17/h3-7,12,15-16H,8-11,13-14H2,1-2H3,(H,22,26)(H,23,27). The minimum absolute atomic E-state index is 0.00658. The summed E-state index contributed by atoms with van der Waals surface area (Å²) in [6, 6.07) is 9.33. The monoisotopic (exact) mass is 400 g/mol. The smallest absolute Gasteiger partial charge is 0.321 e. The quantitative estimate of drug-likeness (QED) is 0.768. The van der Waals surface area contributed by atoms with Gasteiger partial charge in [0.1, 0.15) is 0 Å². The Morgan fingerprint density at radius 2 is 1.64 bits per heavy atom. The third kappa shape index (κ3) is 6.07. The van der Waals surface area contributed by atoms with E-state index in [0.29, 0.717) is 12.3 Å². The Hall–Kier alpha value is -2.38. The summed E-state index contributed by atoms with van der Waals surface area (Å²) in [7, 11) is 0. The van der Waals surface area contributed by atoms with Gasteiger partial charge in [0.05, 0.1) is 0 Å². The number of thiophene rings is 1. The van der Waals surface area contributed by atoms with Crippen LogP contribution in [0.5, 0.6) is 0 Å². The number of urea groups is 1. The molecule has 2 aromatic rings. The van der Waals surface area contributed by atoms with Crippen molar-refractivity contribution in [2.45, 2.75) is 26.8 Å². The third-order valence-electron chi connectivity index (χ3n) is 4.66. The first-order valence-corrected chi connectivity index (χ1v) is 10.6. The van der Waals surface area contributed by atoms with Gasteiger partial charge in [-0.25, -0.2) is 4.79 Å². The molecule has 3 amide bonds. The van der Waals surface area contributed by atoms with Gasteiger partial charge in [-0.2, -0.15) is 11.3 Å². The van der Waals surface area contributed by atoms with Crippen LogP contribution in [0.2, 0.25) is 0 Å². The molecule has 0 radical (unpaired) electrons. The normalized spacial score (nSPS) is 14.9. The van der Waals surface area contributed by atoms with E-state index in [-0.39, 0.29) is 11.9 Å². The zero-order valence-electron chi connectivity index (χ0n) is 16.5. The Kier molecular flexibility index (Phi) is 7.06. The summed E-state index contributed by atoms with van der Waals surface area (Å²) in [6.07, 6.45) is 0.497. The molecule has 0 saturated carbocycles. The van der Waals surface area contributed by atoms with Crippen molar-refractivity contribution in [1.82, 2.24) is 9.80 Å². The molecule has 0 bridgehead atoms. The number of nitrogens with zero attached hydrogens (tertiary/aromatic N) is 2. The maximum absolute atomic E-state index is 12.5. The third-order valence-corrected chi connectivity index (χ3v) is 5.39. The van der Waals surface area contributed by atoms with Crippen LogP contribution >= 0.6 is 11.3 Å². The zero-order valence-corrected chi connectivity index (χ0v) is 17.3. The second-order valence-electron chi connectivity index (χ2n) is 7.55. The van der Waals surface area contributed by atoms with Crippen molar-refractivity contribution in [3.05, 3.63) is 46.7 Å². The lowest BCUT2D eigenvalue weighted by Gasteiger charge is -2.34. The lowest BCUT2D eigenvalue weighted by atomic mass is 10.1. The Bertz CT molecular complexity index is 766. The van der Waals surface area contributed by atoms with Gasteiger partial charge >= 0.3 is 6.03 Å². The number of carbonyl (C=O) groups is 2. The molecule has 3 rings (SSSR count). The number of rotatable bonds is 6. The van der Waals surface area contributed by atoms with Gasteiger partial charge in [-0.05, 0) is 52.6 Å². The zero-order chi connectivity index (χ0) is 19.9. The summed E-state index contributed by atoms with van der Waals surface area (Å²) in [5.74, 6) is 0.330. The van der Waals surface area contributed by atoms with E-state index in [1.807, 2.05) is 43.0 Å². The Balaban J connectivity index is 1.44. The van der Waals surface area contributed by atoms with Crippen LogP contribution < -0.4 is 10.6 Å². The predicted octanol–water partition coefficient (Wildman–Crippen LogP) is 4.08. The molecule has 0 spiro atoms. The maximum atomic E-state index is 12.5. The largest absolute Gasteiger partial charge is 0.326 e. The van der Waals surface area contributed by atoms with E-state index in [0.717, 1.165) is 44.1 Å². The van der Waals surface area contributed by atoms with E-state index in [1.54, 1.807) is 11.3 Å². The molecule has 0 aliphatic carbocycles. The average molecular weight is 401 g/mol. The summed E-state index contributed by atoms with van der Waals surface area (Å²) in [4.78, 5) is 28.6. The number of anilines is 2. The Morgan fingerprint density at radius 1 is 1.00 bits per heavy atom. The number of nitrogens with one attached hydrogen (secondary N) is 2. The highest BCUT2D eigenvalue weighted by molar-refractivity contribution is 7.07. The molecule has 1 fully saturated rings. The van der Waals surface area contributed by atoms with Crippen molar-refractivity contribution in [1.29, 1.82) is 0 Å². The number of hydrogen-bond donors (Lipinski definition) is 2. The first kappa shape index (κ1) is 20.4. The van der Waals surface area contributed by atoms with Gasteiger partial charge in [0.25, 0.3) is 0 Å². The lowest BCUT2D eigenvalue weighted by Crippen LogP contribution is -2.49. The summed E-state index contributed by atoms with van der Waals surface area (Å²) < 4.78 is 0. The predicted molar refractivity (Wildman–Crippen MR) is 115 cm³/mol. The van der Waals surface area contributed by atoms with Crippen LogP contribution in [0.1, 0.15) is 25.8 Å². The molecule has 6 nitrogen and oxygen atoms in total. The number of piperazine rings is 1. The van der Waals surface area contributed by atoms with Crippen molar-refractivity contribution in [3.8, 4) is 0 Å². The first-order valence-electron chi connectivity index (χ1n) is 9.69. The lowest BCUT2D eigenvalue weighted by molar-refractivity contribution is -0.116. The molecule has 1 aliphatic heterocycles. The molecule has 28 heavy (non-hydrogen) atoms. The second kappa shape index (κ2) is 9.71. The highest BCUT2D eigenvalue weighted by atomic mass is 32.1. The van der Waals surface area contributed by atoms with Crippen LogP contribution in [-0.4, -0.2) is 47.9 Å². The van der Waals surface area contributed by atoms with Crippen molar-refractivity contribution in [2.24, 2.45) is 5.92 Å². The van der Waals surface area contributed by atoms with E-state index in [1.165, 1.54) is 5.56 Å². The molecule has 1 aromatic carbocycles. The number of benzene rings is 1. The fourth-order valence-corrected chi connectivity index (χ4v) is 3.83. The van der Waals surface area contributed by atoms with Crippen molar-refractivity contribution < 1.29 is 9.59 Å². The SMILES string of the molecule is CC(C)CC(=O)Nc1ccc(NC(=O)N2CCN(Cc3ccsc3)CC2)cc1. The molecular weight excluding hydrogens is 372 g/mol. The average Bonchev–Trinajstić information content (AvgIpc) is 3.16.